The lowest BCUT2D eigenvalue weighted by molar-refractivity contribution is -0.139. The van der Waals surface area contributed by atoms with Crippen LogP contribution in [0.25, 0.3) is 0 Å². The summed E-state index contributed by atoms with van der Waals surface area (Å²) in [5.74, 6) is -2.77. The Hall–Kier alpha value is -0.510. The number of hydrogen-bond acceptors (Lipinski definition) is 2. The number of ketones is 1. The molecule has 2 heterocycles. The first-order valence-electron chi connectivity index (χ1n) is 4.65. The lowest BCUT2D eigenvalue weighted by atomic mass is 9.73. The number of fused-ring (bicyclic) bond motifs is 3. The molecule has 0 radical (unpaired) electrons. The predicted molar refractivity (Wildman–Crippen MR) is 43.7 cm³/mol. The van der Waals surface area contributed by atoms with Crippen LogP contribution in [0, 0.1) is 5.92 Å². The van der Waals surface area contributed by atoms with E-state index < -0.39 is 12.0 Å². The van der Waals surface area contributed by atoms with E-state index in [-0.39, 0.29) is 24.2 Å². The maximum atomic E-state index is 13.2. The molecule has 2 bridgehead atoms. The van der Waals surface area contributed by atoms with Gasteiger partial charge in [0, 0.05) is 6.42 Å². The Morgan fingerprint density at radius 2 is 2.15 bits per heavy atom. The van der Waals surface area contributed by atoms with Gasteiger partial charge in [-0.2, -0.15) is 0 Å². The van der Waals surface area contributed by atoms with E-state index in [9.17, 15) is 13.6 Å². The molecule has 0 spiro atoms. The molecule has 0 unspecified atom stereocenters. The summed E-state index contributed by atoms with van der Waals surface area (Å²) < 4.78 is 26.3. The molecule has 2 aliphatic heterocycles. The third kappa shape index (κ3) is 1.37. The molecule has 2 saturated heterocycles. The predicted octanol–water partition coefficient (Wildman–Crippen LogP) is 1.35. The number of hydrogen-bond donors (Lipinski definition) is 1. The fourth-order valence-corrected chi connectivity index (χ4v) is 2.48. The van der Waals surface area contributed by atoms with Gasteiger partial charge in [0.25, 0.3) is 5.92 Å². The zero-order valence-corrected chi connectivity index (χ0v) is 7.52. The summed E-state index contributed by atoms with van der Waals surface area (Å²) in [7, 11) is 0. The molecule has 13 heavy (non-hydrogen) atoms. The van der Waals surface area contributed by atoms with Gasteiger partial charge < -0.3 is 0 Å². The highest BCUT2D eigenvalue weighted by Gasteiger charge is 2.53. The van der Waals surface area contributed by atoms with E-state index in [4.69, 9.17) is 0 Å². The standard InChI is InChI=1S/C9H13F2NO/c1-5(13)8-6-2-3-7(12-8)9(10,11)4-6/h6-8,12H,2-4H2,1H3/t6-,7+,8-/m1/s1. The second-order valence-corrected chi connectivity index (χ2v) is 4.11. The van der Waals surface area contributed by atoms with Crippen LogP contribution in [0.3, 0.4) is 0 Å². The molecule has 74 valence electrons. The van der Waals surface area contributed by atoms with Gasteiger partial charge in [-0.1, -0.05) is 0 Å². The first-order chi connectivity index (χ1) is 6.00. The molecule has 3 rings (SSSR count). The van der Waals surface area contributed by atoms with Crippen molar-refractivity contribution >= 4 is 5.78 Å². The van der Waals surface area contributed by atoms with E-state index in [0.717, 1.165) is 6.42 Å². The molecule has 0 aromatic rings. The van der Waals surface area contributed by atoms with E-state index in [1.54, 1.807) is 0 Å². The van der Waals surface area contributed by atoms with Gasteiger partial charge in [0.15, 0.2) is 0 Å². The molecule has 0 amide bonds. The Kier molecular flexibility index (Phi) is 1.91. The van der Waals surface area contributed by atoms with Gasteiger partial charge in [0.1, 0.15) is 5.78 Å². The Bertz CT molecular complexity index is 242. The number of carbonyl (C=O) groups is 1. The third-order valence-corrected chi connectivity index (χ3v) is 3.16. The van der Waals surface area contributed by atoms with Crippen molar-refractivity contribution in [3.8, 4) is 0 Å². The van der Waals surface area contributed by atoms with Crippen molar-refractivity contribution in [3.05, 3.63) is 0 Å². The first kappa shape index (κ1) is 9.06. The van der Waals surface area contributed by atoms with Gasteiger partial charge in [0.2, 0.25) is 0 Å². The minimum Gasteiger partial charge on any atom is -0.299 e. The zero-order chi connectivity index (χ0) is 9.64. The molecule has 1 saturated carbocycles. The monoisotopic (exact) mass is 189 g/mol. The van der Waals surface area contributed by atoms with E-state index in [0.29, 0.717) is 6.42 Å². The number of nitrogens with one attached hydrogen (secondary N) is 1. The minimum atomic E-state index is -2.60. The number of rotatable bonds is 1. The lowest BCUT2D eigenvalue weighted by Crippen LogP contribution is -2.64. The Labute approximate surface area is 75.7 Å². The van der Waals surface area contributed by atoms with E-state index in [2.05, 4.69) is 5.32 Å². The number of alkyl halides is 2. The van der Waals surface area contributed by atoms with Crippen LogP contribution < -0.4 is 5.32 Å². The average Bonchev–Trinajstić information content (AvgIpc) is 2.02. The maximum absolute atomic E-state index is 13.2. The molecule has 1 aliphatic carbocycles. The first-order valence-corrected chi connectivity index (χ1v) is 4.65. The van der Waals surface area contributed by atoms with Crippen molar-refractivity contribution in [1.29, 1.82) is 0 Å². The molecule has 4 heteroatoms. The van der Waals surface area contributed by atoms with Crippen LogP contribution >= 0.6 is 0 Å². The third-order valence-electron chi connectivity index (χ3n) is 3.16. The molecule has 2 nitrogen and oxygen atoms in total. The van der Waals surface area contributed by atoms with Crippen molar-refractivity contribution in [3.63, 3.8) is 0 Å². The summed E-state index contributed by atoms with van der Waals surface area (Å²) in [5.41, 5.74) is 0. The number of Topliss-reactive ketones (excluding diaryl/α,β-unsaturated/α-hetero) is 1. The van der Waals surface area contributed by atoms with Crippen molar-refractivity contribution < 1.29 is 13.6 Å². The van der Waals surface area contributed by atoms with Crippen LogP contribution in [0.1, 0.15) is 26.2 Å². The van der Waals surface area contributed by atoms with Crippen molar-refractivity contribution in [2.75, 3.05) is 0 Å². The summed E-state index contributed by atoms with van der Waals surface area (Å²) in [4.78, 5) is 11.1. The second kappa shape index (κ2) is 2.74. The lowest BCUT2D eigenvalue weighted by Gasteiger charge is -2.46. The highest BCUT2D eigenvalue weighted by atomic mass is 19.3. The topological polar surface area (TPSA) is 29.1 Å². The Balaban J connectivity index is 2.16. The van der Waals surface area contributed by atoms with Crippen LogP contribution in [0.5, 0.6) is 0 Å². The van der Waals surface area contributed by atoms with Gasteiger partial charge in [-0.25, -0.2) is 8.78 Å². The fourth-order valence-electron chi connectivity index (χ4n) is 2.48. The molecular formula is C9H13F2NO. The van der Waals surface area contributed by atoms with Crippen molar-refractivity contribution in [2.24, 2.45) is 5.92 Å². The summed E-state index contributed by atoms with van der Waals surface area (Å²) in [5, 5.41) is 2.74. The van der Waals surface area contributed by atoms with E-state index in [1.807, 2.05) is 0 Å². The van der Waals surface area contributed by atoms with Crippen molar-refractivity contribution in [1.82, 2.24) is 5.32 Å². The highest BCUT2D eigenvalue weighted by molar-refractivity contribution is 5.82. The summed E-state index contributed by atoms with van der Waals surface area (Å²) >= 11 is 0. The van der Waals surface area contributed by atoms with Crippen LogP contribution in [-0.4, -0.2) is 23.8 Å². The van der Waals surface area contributed by atoms with Crippen molar-refractivity contribution in [2.45, 2.75) is 44.2 Å². The Morgan fingerprint density at radius 3 is 2.54 bits per heavy atom. The molecule has 3 aliphatic rings. The van der Waals surface area contributed by atoms with E-state index >= 15 is 0 Å². The second-order valence-electron chi connectivity index (χ2n) is 4.11. The highest BCUT2D eigenvalue weighted by Crippen LogP contribution is 2.43. The Morgan fingerprint density at radius 1 is 1.46 bits per heavy atom. The summed E-state index contributed by atoms with van der Waals surface area (Å²) in [6.07, 6.45) is 1.15. The number of halogens is 2. The van der Waals surface area contributed by atoms with Crippen LogP contribution in [0.15, 0.2) is 0 Å². The van der Waals surface area contributed by atoms with Crippen LogP contribution in [-0.2, 0) is 4.79 Å². The zero-order valence-electron chi connectivity index (χ0n) is 7.52. The normalized spacial score (nSPS) is 41.9. The summed E-state index contributed by atoms with van der Waals surface area (Å²) in [6.45, 7) is 1.47. The molecule has 1 N–H and O–H groups in total. The molecule has 3 fully saturated rings. The largest absolute Gasteiger partial charge is 0.299 e. The van der Waals surface area contributed by atoms with Gasteiger partial charge in [0.05, 0.1) is 12.1 Å². The quantitative estimate of drug-likeness (QED) is 0.674. The van der Waals surface area contributed by atoms with Gasteiger partial charge in [-0.3, -0.25) is 10.1 Å². The van der Waals surface area contributed by atoms with Gasteiger partial charge >= 0.3 is 0 Å². The van der Waals surface area contributed by atoms with Crippen LogP contribution in [0.2, 0.25) is 0 Å². The van der Waals surface area contributed by atoms with Gasteiger partial charge in [-0.15, -0.1) is 0 Å². The molecule has 3 atom stereocenters. The fraction of sp³-hybridized carbons (Fsp3) is 0.889. The molecule has 0 aromatic carbocycles. The molecular weight excluding hydrogens is 176 g/mol. The SMILES string of the molecule is CC(=O)[C@H]1N[C@H]2CC[C@@H]1CC2(F)F. The number of piperidine rings is 2. The van der Waals surface area contributed by atoms with Crippen LogP contribution in [0.4, 0.5) is 8.78 Å². The number of carbonyl (C=O) groups excluding carboxylic acids is 1. The maximum Gasteiger partial charge on any atom is 0.263 e. The van der Waals surface area contributed by atoms with Gasteiger partial charge in [-0.05, 0) is 25.7 Å². The smallest absolute Gasteiger partial charge is 0.263 e. The molecule has 0 aromatic heterocycles. The van der Waals surface area contributed by atoms with E-state index in [1.165, 1.54) is 6.92 Å². The minimum absolute atomic E-state index is 0.00907. The summed E-state index contributed by atoms with van der Waals surface area (Å²) in [6, 6.07) is -1.09. The average molecular weight is 189 g/mol.